The van der Waals surface area contributed by atoms with E-state index in [1.165, 1.54) is 6.07 Å². The molecule has 2 heterocycles. The van der Waals surface area contributed by atoms with Gasteiger partial charge in [0.05, 0.1) is 23.2 Å². The van der Waals surface area contributed by atoms with Gasteiger partial charge in [-0.2, -0.15) is 10.4 Å². The van der Waals surface area contributed by atoms with E-state index in [0.717, 1.165) is 11.3 Å². The summed E-state index contributed by atoms with van der Waals surface area (Å²) in [5.74, 6) is -1.88. The first-order valence-electron chi connectivity index (χ1n) is 11.6. The summed E-state index contributed by atoms with van der Waals surface area (Å²) in [5, 5.41) is 27.1. The van der Waals surface area contributed by atoms with Gasteiger partial charge in [-0.15, -0.1) is 0 Å². The second-order valence-electron chi connectivity index (χ2n) is 10.6. The summed E-state index contributed by atoms with van der Waals surface area (Å²) in [6.07, 6.45) is 2.44. The Morgan fingerprint density at radius 1 is 1.34 bits per heavy atom. The normalized spacial score (nSPS) is 20.2. The first-order valence-corrected chi connectivity index (χ1v) is 11.6. The number of aliphatic carboxylic acids is 1. The molecule has 2 N–H and O–H groups in total. The van der Waals surface area contributed by atoms with E-state index in [-0.39, 0.29) is 23.7 Å². The molecule has 5 rings (SSSR count). The molecule has 8 heteroatoms. The van der Waals surface area contributed by atoms with Crippen LogP contribution in [0.25, 0.3) is 27.5 Å². The van der Waals surface area contributed by atoms with Crippen molar-refractivity contribution in [1.29, 1.82) is 5.26 Å². The number of benzene rings is 2. The molecule has 2 aromatic heterocycles. The van der Waals surface area contributed by atoms with Crippen molar-refractivity contribution in [2.24, 2.45) is 5.41 Å². The number of nitrogens with one attached hydrogen (secondary N) is 1. The lowest BCUT2D eigenvalue weighted by molar-refractivity contribution is -0.154. The number of hydrogen-bond acceptors (Lipinski definition) is 3. The van der Waals surface area contributed by atoms with Crippen LogP contribution in [0.1, 0.15) is 62.8 Å². The minimum Gasteiger partial charge on any atom is -0.481 e. The molecule has 2 aromatic carbocycles. The van der Waals surface area contributed by atoms with Gasteiger partial charge in [0.15, 0.2) is 5.82 Å². The number of nitrogens with zero attached hydrogens (tertiary/aromatic N) is 3. The van der Waals surface area contributed by atoms with Gasteiger partial charge in [0.2, 0.25) is 0 Å². The summed E-state index contributed by atoms with van der Waals surface area (Å²) in [5.41, 5.74) is 1.84. The van der Waals surface area contributed by atoms with Gasteiger partial charge in [-0.25, -0.2) is 8.78 Å². The maximum atomic E-state index is 16.1. The third-order valence-electron chi connectivity index (χ3n) is 7.53. The molecule has 0 aliphatic heterocycles. The molecule has 4 aromatic rings. The number of fused-ring (bicyclic) bond motifs is 2. The third-order valence-corrected chi connectivity index (χ3v) is 7.53. The van der Waals surface area contributed by atoms with Gasteiger partial charge in [0.25, 0.3) is 0 Å². The van der Waals surface area contributed by atoms with Crippen LogP contribution in [0.4, 0.5) is 8.78 Å². The summed E-state index contributed by atoms with van der Waals surface area (Å²) < 4.78 is 32.2. The van der Waals surface area contributed by atoms with Crippen LogP contribution in [0.5, 0.6) is 0 Å². The van der Waals surface area contributed by atoms with E-state index in [2.05, 4.69) is 16.3 Å². The van der Waals surface area contributed by atoms with Crippen molar-refractivity contribution in [3.8, 4) is 11.8 Å². The van der Waals surface area contributed by atoms with Gasteiger partial charge in [0, 0.05) is 34.0 Å². The maximum absolute atomic E-state index is 16.1. The molecule has 0 spiro atoms. The molecule has 1 aliphatic rings. The van der Waals surface area contributed by atoms with Crippen molar-refractivity contribution in [3.63, 3.8) is 0 Å². The number of carboxylic acid groups (broad SMARTS) is 1. The van der Waals surface area contributed by atoms with Crippen LogP contribution in [-0.4, -0.2) is 25.8 Å². The Morgan fingerprint density at radius 3 is 2.69 bits per heavy atom. The van der Waals surface area contributed by atoms with Crippen molar-refractivity contribution >= 4 is 27.8 Å². The number of aromatic amines is 1. The zero-order valence-corrected chi connectivity index (χ0v) is 20.0. The summed E-state index contributed by atoms with van der Waals surface area (Å²) in [6.45, 7) is 7.24. The smallest absolute Gasteiger partial charge is 0.309 e. The van der Waals surface area contributed by atoms with Gasteiger partial charge < -0.3 is 9.67 Å². The monoisotopic (exact) mass is 476 g/mol. The van der Waals surface area contributed by atoms with E-state index in [0.29, 0.717) is 40.4 Å². The Kier molecular flexibility index (Phi) is 5.03. The van der Waals surface area contributed by atoms with Gasteiger partial charge in [-0.05, 0) is 68.0 Å². The number of carbonyl (C=O) groups is 1. The molecular weight excluding hydrogens is 450 g/mol. The molecule has 0 amide bonds. The molecule has 0 saturated heterocycles. The molecule has 1 aliphatic carbocycles. The van der Waals surface area contributed by atoms with Gasteiger partial charge >= 0.3 is 5.97 Å². The van der Waals surface area contributed by atoms with Crippen LogP contribution in [0.15, 0.2) is 30.5 Å². The number of aryl methyl sites for hydroxylation is 1. The average Bonchev–Trinajstić information content (AvgIpc) is 3.37. The molecule has 0 atom stereocenters. The van der Waals surface area contributed by atoms with Crippen molar-refractivity contribution in [2.75, 3.05) is 0 Å². The Morgan fingerprint density at radius 2 is 2.06 bits per heavy atom. The van der Waals surface area contributed by atoms with Gasteiger partial charge in [0.1, 0.15) is 11.3 Å². The van der Waals surface area contributed by atoms with E-state index in [9.17, 15) is 19.6 Å². The zero-order valence-electron chi connectivity index (χ0n) is 20.0. The minimum absolute atomic E-state index is 0.167. The van der Waals surface area contributed by atoms with E-state index in [1.54, 1.807) is 32.2 Å². The molecule has 1 saturated carbocycles. The Balaban J connectivity index is 1.92. The number of rotatable bonds is 5. The highest BCUT2D eigenvalue weighted by Crippen LogP contribution is 2.56. The van der Waals surface area contributed by atoms with Crippen molar-refractivity contribution < 1.29 is 18.7 Å². The summed E-state index contributed by atoms with van der Waals surface area (Å²) in [6, 6.07) is 8.85. The SMILES string of the molecule is Cc1cc(-n2c(C(C)(C)CC#N)c(C3CC(C)(C(=O)O)C3)c3c(F)c4[nH]ncc4cc32)ccc1F. The van der Waals surface area contributed by atoms with Crippen molar-refractivity contribution in [2.45, 2.75) is 58.3 Å². The quantitative estimate of drug-likeness (QED) is 0.356. The summed E-state index contributed by atoms with van der Waals surface area (Å²) in [7, 11) is 0. The third kappa shape index (κ3) is 3.33. The number of nitriles is 1. The van der Waals surface area contributed by atoms with Crippen LogP contribution >= 0.6 is 0 Å². The summed E-state index contributed by atoms with van der Waals surface area (Å²) in [4.78, 5) is 11.9. The molecule has 0 radical (unpaired) electrons. The lowest BCUT2D eigenvalue weighted by Crippen LogP contribution is -2.41. The lowest BCUT2D eigenvalue weighted by atomic mass is 9.59. The molecule has 6 nitrogen and oxygen atoms in total. The molecule has 180 valence electrons. The first kappa shape index (κ1) is 23.0. The minimum atomic E-state index is -0.892. The number of carboxylic acids is 1. The Hall–Kier alpha value is -3.73. The topological polar surface area (TPSA) is 94.7 Å². The van der Waals surface area contributed by atoms with Crippen LogP contribution < -0.4 is 0 Å². The second kappa shape index (κ2) is 7.64. The van der Waals surface area contributed by atoms with E-state index >= 15 is 4.39 Å². The summed E-state index contributed by atoms with van der Waals surface area (Å²) >= 11 is 0. The molecule has 0 bridgehead atoms. The Labute approximate surface area is 201 Å². The van der Waals surface area contributed by atoms with E-state index in [1.807, 2.05) is 24.5 Å². The van der Waals surface area contributed by atoms with Crippen LogP contribution in [0.2, 0.25) is 0 Å². The molecule has 1 fully saturated rings. The standard InChI is InChI=1S/C27H26F2N4O2/c1-14-9-17(5-6-18(14)28)33-19-10-15-13-31-32-23(15)22(29)21(19)20(24(33)26(2,3)7-8-30)16-11-27(4,12-16)25(34)35/h5-6,9-10,13,16H,7,11-12H2,1-4H3,(H,31,32)(H,34,35). The fourth-order valence-corrected chi connectivity index (χ4v) is 5.62. The van der Waals surface area contributed by atoms with Crippen molar-refractivity contribution in [3.05, 3.63) is 58.9 Å². The highest BCUT2D eigenvalue weighted by Gasteiger charge is 2.50. The predicted octanol–water partition coefficient (Wildman–Crippen LogP) is 6.25. The van der Waals surface area contributed by atoms with E-state index < -0.39 is 22.6 Å². The number of H-pyrrole nitrogens is 1. The largest absolute Gasteiger partial charge is 0.481 e. The maximum Gasteiger partial charge on any atom is 0.309 e. The van der Waals surface area contributed by atoms with Gasteiger partial charge in [-0.3, -0.25) is 9.89 Å². The fourth-order valence-electron chi connectivity index (χ4n) is 5.62. The average molecular weight is 477 g/mol. The number of halogens is 2. The molecule has 0 unspecified atom stereocenters. The van der Waals surface area contributed by atoms with E-state index in [4.69, 9.17) is 0 Å². The highest BCUT2D eigenvalue weighted by atomic mass is 19.1. The number of hydrogen-bond donors (Lipinski definition) is 2. The fraction of sp³-hybridized carbons (Fsp3) is 0.370. The Bertz CT molecular complexity index is 1550. The van der Waals surface area contributed by atoms with Crippen LogP contribution in [0, 0.1) is 35.3 Å². The van der Waals surface area contributed by atoms with Crippen molar-refractivity contribution in [1.82, 2.24) is 14.8 Å². The number of aromatic nitrogens is 3. The zero-order chi connectivity index (χ0) is 25.3. The predicted molar refractivity (Wildman–Crippen MR) is 129 cm³/mol. The lowest BCUT2D eigenvalue weighted by Gasteiger charge is -2.43. The highest BCUT2D eigenvalue weighted by molar-refractivity contribution is 6.00. The van der Waals surface area contributed by atoms with Crippen LogP contribution in [-0.2, 0) is 10.2 Å². The first-order chi connectivity index (χ1) is 16.5. The van der Waals surface area contributed by atoms with Crippen LogP contribution in [0.3, 0.4) is 0 Å². The second-order valence-corrected chi connectivity index (χ2v) is 10.6. The molecule has 35 heavy (non-hydrogen) atoms. The molecular formula is C27H26F2N4O2. The van der Waals surface area contributed by atoms with Gasteiger partial charge in [-0.1, -0.05) is 13.8 Å².